The third-order valence-electron chi connectivity index (χ3n) is 4.91. The van der Waals surface area contributed by atoms with Gasteiger partial charge < -0.3 is 10.2 Å². The highest BCUT2D eigenvalue weighted by Crippen LogP contribution is 2.20. The number of nitrogens with one attached hydrogen (secondary N) is 1. The lowest BCUT2D eigenvalue weighted by Gasteiger charge is -2.32. The molecule has 8 nitrogen and oxygen atoms in total. The number of hydrogen-bond acceptors (Lipinski definition) is 4. The summed E-state index contributed by atoms with van der Waals surface area (Å²) in [4.78, 5) is 27.1. The molecular formula is C22H30N4O4S. The monoisotopic (exact) mass is 446 g/mol. The van der Waals surface area contributed by atoms with Gasteiger partial charge in [-0.05, 0) is 31.5 Å². The largest absolute Gasteiger partial charge is 0.357 e. The Labute approximate surface area is 184 Å². The van der Waals surface area contributed by atoms with Gasteiger partial charge in [-0.2, -0.15) is 12.7 Å². The summed E-state index contributed by atoms with van der Waals surface area (Å²) in [6, 6.07) is 15.3. The van der Waals surface area contributed by atoms with Crippen molar-refractivity contribution < 1.29 is 18.0 Å². The Hall–Kier alpha value is -2.91. The third-order valence-corrected chi connectivity index (χ3v) is 6.73. The highest BCUT2D eigenvalue weighted by Gasteiger charge is 2.32. The van der Waals surface area contributed by atoms with E-state index in [0.29, 0.717) is 5.69 Å². The molecule has 9 heteroatoms. The van der Waals surface area contributed by atoms with Gasteiger partial charge in [0.05, 0.1) is 5.69 Å². The SMILES string of the molecule is CNC(=O)[C@@H](C)N(Cc1cccc(C)c1)C(=O)CN(c1ccccc1)S(=O)(=O)N(C)C. The Morgan fingerprint density at radius 1 is 1.03 bits per heavy atom. The minimum atomic E-state index is -3.93. The van der Waals surface area contributed by atoms with Gasteiger partial charge in [0, 0.05) is 27.7 Å². The number of carbonyl (C=O) groups is 2. The second kappa shape index (κ2) is 10.4. The van der Waals surface area contributed by atoms with E-state index < -0.39 is 28.7 Å². The fourth-order valence-electron chi connectivity index (χ4n) is 3.11. The molecule has 0 aliphatic rings. The van der Waals surface area contributed by atoms with Crippen LogP contribution in [0.5, 0.6) is 0 Å². The molecule has 0 saturated carbocycles. The van der Waals surface area contributed by atoms with Crippen LogP contribution in [0.4, 0.5) is 5.69 Å². The van der Waals surface area contributed by atoms with Crippen molar-refractivity contribution in [3.05, 3.63) is 65.7 Å². The van der Waals surface area contributed by atoms with Crippen LogP contribution < -0.4 is 9.62 Å². The highest BCUT2D eigenvalue weighted by atomic mass is 32.2. The average molecular weight is 447 g/mol. The molecule has 0 aromatic heterocycles. The minimum Gasteiger partial charge on any atom is -0.357 e. The maximum atomic E-state index is 13.4. The first-order valence-corrected chi connectivity index (χ1v) is 11.3. The number of anilines is 1. The number of amides is 2. The first kappa shape index (κ1) is 24.4. The number of carbonyl (C=O) groups excluding carboxylic acids is 2. The van der Waals surface area contributed by atoms with Gasteiger partial charge >= 0.3 is 10.2 Å². The first-order valence-electron chi connectivity index (χ1n) is 9.89. The van der Waals surface area contributed by atoms with Gasteiger partial charge in [-0.3, -0.25) is 9.59 Å². The molecule has 0 aliphatic carbocycles. The fourth-order valence-corrected chi connectivity index (χ4v) is 4.17. The number of likely N-dealkylation sites (N-methyl/N-ethyl adjacent to an activating group) is 1. The second-order valence-corrected chi connectivity index (χ2v) is 9.50. The molecule has 31 heavy (non-hydrogen) atoms. The Bertz CT molecular complexity index is 1010. The van der Waals surface area contributed by atoms with Crippen LogP contribution in [0, 0.1) is 6.92 Å². The molecule has 1 N–H and O–H groups in total. The van der Waals surface area contributed by atoms with E-state index in [2.05, 4.69) is 5.32 Å². The summed E-state index contributed by atoms with van der Waals surface area (Å²) in [5, 5.41) is 2.56. The molecule has 2 aromatic carbocycles. The Kier molecular flexibility index (Phi) is 8.18. The van der Waals surface area contributed by atoms with Crippen molar-refractivity contribution in [2.75, 3.05) is 32.0 Å². The third kappa shape index (κ3) is 6.05. The van der Waals surface area contributed by atoms with Gasteiger partial charge in [0.1, 0.15) is 12.6 Å². The van der Waals surface area contributed by atoms with Crippen LogP contribution in [0.25, 0.3) is 0 Å². The van der Waals surface area contributed by atoms with Crippen molar-refractivity contribution in [2.45, 2.75) is 26.4 Å². The van der Waals surface area contributed by atoms with E-state index in [1.807, 2.05) is 31.2 Å². The molecule has 0 heterocycles. The minimum absolute atomic E-state index is 0.180. The number of aryl methyl sites for hydroxylation is 1. The Morgan fingerprint density at radius 2 is 1.68 bits per heavy atom. The normalized spacial score (nSPS) is 12.3. The summed E-state index contributed by atoms with van der Waals surface area (Å²) in [7, 11) is 0.388. The van der Waals surface area contributed by atoms with Crippen molar-refractivity contribution in [3.63, 3.8) is 0 Å². The van der Waals surface area contributed by atoms with Crippen LogP contribution in [0.3, 0.4) is 0 Å². The van der Waals surface area contributed by atoms with Crippen molar-refractivity contribution in [1.29, 1.82) is 0 Å². The highest BCUT2D eigenvalue weighted by molar-refractivity contribution is 7.90. The Balaban J connectivity index is 2.42. The molecule has 1 atom stereocenters. The van der Waals surface area contributed by atoms with Gasteiger partial charge in [0.15, 0.2) is 0 Å². The maximum absolute atomic E-state index is 13.4. The summed E-state index contributed by atoms with van der Waals surface area (Å²) in [6.07, 6.45) is 0. The molecule has 2 amide bonds. The van der Waals surface area contributed by atoms with Crippen molar-refractivity contribution in [2.24, 2.45) is 0 Å². The molecule has 0 radical (unpaired) electrons. The topological polar surface area (TPSA) is 90.0 Å². The van der Waals surface area contributed by atoms with E-state index in [4.69, 9.17) is 0 Å². The summed E-state index contributed by atoms with van der Waals surface area (Å²) in [5.74, 6) is -0.811. The Morgan fingerprint density at radius 3 is 2.23 bits per heavy atom. The number of nitrogens with zero attached hydrogens (tertiary/aromatic N) is 3. The van der Waals surface area contributed by atoms with Crippen LogP contribution in [-0.2, 0) is 26.3 Å². The lowest BCUT2D eigenvalue weighted by Crippen LogP contribution is -2.52. The van der Waals surface area contributed by atoms with Crippen molar-refractivity contribution in [3.8, 4) is 0 Å². The zero-order valence-corrected chi connectivity index (χ0v) is 19.4. The van der Waals surface area contributed by atoms with Gasteiger partial charge in [0.2, 0.25) is 11.8 Å². The van der Waals surface area contributed by atoms with Gasteiger partial charge in [-0.25, -0.2) is 4.31 Å². The smallest absolute Gasteiger partial charge is 0.304 e. The van der Waals surface area contributed by atoms with Crippen LogP contribution in [0.15, 0.2) is 54.6 Å². The lowest BCUT2D eigenvalue weighted by atomic mass is 10.1. The number of benzene rings is 2. The van der Waals surface area contributed by atoms with Gasteiger partial charge in [0.25, 0.3) is 0 Å². The predicted octanol–water partition coefficient (Wildman–Crippen LogP) is 1.77. The molecule has 0 bridgehead atoms. The second-order valence-electron chi connectivity index (χ2n) is 7.43. The van der Waals surface area contributed by atoms with Gasteiger partial charge in [-0.1, -0.05) is 48.0 Å². The van der Waals surface area contributed by atoms with Crippen LogP contribution in [-0.4, -0.2) is 63.2 Å². The predicted molar refractivity (Wildman–Crippen MR) is 122 cm³/mol. The molecular weight excluding hydrogens is 416 g/mol. The maximum Gasteiger partial charge on any atom is 0.304 e. The summed E-state index contributed by atoms with van der Waals surface area (Å²) >= 11 is 0. The molecule has 2 aromatic rings. The van der Waals surface area contributed by atoms with Crippen molar-refractivity contribution in [1.82, 2.24) is 14.5 Å². The van der Waals surface area contributed by atoms with E-state index in [-0.39, 0.29) is 12.5 Å². The molecule has 0 fully saturated rings. The summed E-state index contributed by atoms with van der Waals surface area (Å²) in [6.45, 7) is 3.32. The first-order chi connectivity index (χ1) is 14.6. The van der Waals surface area contributed by atoms with E-state index >= 15 is 0 Å². The van der Waals surface area contributed by atoms with Crippen LogP contribution in [0.1, 0.15) is 18.1 Å². The lowest BCUT2D eigenvalue weighted by molar-refractivity contribution is -0.139. The van der Waals surface area contributed by atoms with Gasteiger partial charge in [-0.15, -0.1) is 0 Å². The molecule has 168 valence electrons. The summed E-state index contributed by atoms with van der Waals surface area (Å²) < 4.78 is 28.0. The van der Waals surface area contributed by atoms with Crippen LogP contribution in [0.2, 0.25) is 0 Å². The van der Waals surface area contributed by atoms with E-state index in [1.165, 1.54) is 26.0 Å². The zero-order chi connectivity index (χ0) is 23.2. The molecule has 0 aliphatic heterocycles. The molecule has 0 spiro atoms. The van der Waals surface area contributed by atoms with Crippen LogP contribution >= 0.6 is 0 Å². The average Bonchev–Trinajstić information content (AvgIpc) is 2.75. The zero-order valence-electron chi connectivity index (χ0n) is 18.6. The quantitative estimate of drug-likeness (QED) is 0.636. The fraction of sp³-hybridized carbons (Fsp3) is 0.364. The molecule has 0 unspecified atom stereocenters. The number of hydrogen-bond donors (Lipinski definition) is 1. The standard InChI is InChI=1S/C22H30N4O4S/c1-17-10-9-11-19(14-17)15-25(18(2)22(28)23-3)21(27)16-26(31(29,30)24(4)5)20-12-7-6-8-13-20/h6-14,18H,15-16H2,1-5H3,(H,23,28)/t18-/m1/s1. The molecule has 2 rings (SSSR count). The number of rotatable bonds is 9. The van der Waals surface area contributed by atoms with Crippen molar-refractivity contribution >= 4 is 27.7 Å². The molecule has 0 saturated heterocycles. The van der Waals surface area contributed by atoms with E-state index in [1.54, 1.807) is 37.3 Å². The summed E-state index contributed by atoms with van der Waals surface area (Å²) in [5.41, 5.74) is 2.25. The number of para-hydroxylation sites is 1. The van der Waals surface area contributed by atoms with E-state index in [0.717, 1.165) is 19.7 Å². The van der Waals surface area contributed by atoms with E-state index in [9.17, 15) is 18.0 Å².